The second kappa shape index (κ2) is 9.67. The zero-order chi connectivity index (χ0) is 25.5. The lowest BCUT2D eigenvalue weighted by Crippen LogP contribution is -2.30. The van der Waals surface area contributed by atoms with Crippen LogP contribution in [0.25, 0.3) is 5.57 Å². The van der Waals surface area contributed by atoms with Crippen molar-refractivity contribution in [2.24, 2.45) is 17.3 Å². The molecule has 9 heteroatoms. The molecule has 0 saturated heterocycles. The molecule has 36 heavy (non-hydrogen) atoms. The lowest BCUT2D eigenvalue weighted by Gasteiger charge is -2.40. The van der Waals surface area contributed by atoms with Crippen LogP contribution >= 0.6 is 11.3 Å². The van der Waals surface area contributed by atoms with Crippen molar-refractivity contribution in [1.82, 2.24) is 10.3 Å². The molecule has 2 N–H and O–H groups in total. The predicted octanol–water partition coefficient (Wildman–Crippen LogP) is 5.76. The summed E-state index contributed by atoms with van der Waals surface area (Å²) >= 11 is 1.33. The molecule has 1 saturated carbocycles. The third-order valence-electron chi connectivity index (χ3n) is 8.12. The van der Waals surface area contributed by atoms with Crippen molar-refractivity contribution in [2.75, 3.05) is 11.8 Å². The summed E-state index contributed by atoms with van der Waals surface area (Å²) in [6.45, 7) is 5.00. The number of aromatic nitrogens is 1. The maximum atomic E-state index is 13.1. The number of ether oxygens (including phenoxy) is 1. The van der Waals surface area contributed by atoms with Crippen LogP contribution in [0.4, 0.5) is 5.69 Å². The zero-order valence-corrected chi connectivity index (χ0v) is 22.6. The number of amides is 1. The van der Waals surface area contributed by atoms with E-state index < -0.39 is 10.0 Å². The van der Waals surface area contributed by atoms with Crippen LogP contribution in [0.3, 0.4) is 0 Å². The highest BCUT2D eigenvalue weighted by Gasteiger charge is 2.35. The fourth-order valence-corrected chi connectivity index (χ4v) is 7.83. The predicted molar refractivity (Wildman–Crippen MR) is 143 cm³/mol. The second-order valence-electron chi connectivity index (χ2n) is 10.3. The smallest absolute Gasteiger partial charge is 0.280 e. The average molecular weight is 528 g/mol. The molecule has 2 aromatic rings. The van der Waals surface area contributed by atoms with Crippen LogP contribution in [-0.4, -0.2) is 26.4 Å². The van der Waals surface area contributed by atoms with Gasteiger partial charge in [-0.25, -0.2) is 4.98 Å². The van der Waals surface area contributed by atoms with Crippen molar-refractivity contribution in [3.05, 3.63) is 51.9 Å². The van der Waals surface area contributed by atoms with Gasteiger partial charge in [0.05, 0.1) is 12.8 Å². The van der Waals surface area contributed by atoms with Crippen molar-refractivity contribution in [1.29, 1.82) is 0 Å². The molecule has 0 spiro atoms. The summed E-state index contributed by atoms with van der Waals surface area (Å²) in [7, 11) is -2.49. The van der Waals surface area contributed by atoms with Gasteiger partial charge in [-0.15, -0.1) is 11.3 Å². The quantitative estimate of drug-likeness (QED) is 0.477. The van der Waals surface area contributed by atoms with Crippen LogP contribution in [0.1, 0.15) is 73.3 Å². The molecule has 1 unspecified atom stereocenters. The first-order valence-electron chi connectivity index (χ1n) is 12.6. The monoisotopic (exact) mass is 527 g/mol. The Kier molecular flexibility index (Phi) is 6.72. The molecule has 192 valence electrons. The van der Waals surface area contributed by atoms with E-state index in [2.05, 4.69) is 47.1 Å². The molecule has 1 fully saturated rings. The van der Waals surface area contributed by atoms with Gasteiger partial charge in [-0.3, -0.25) is 9.52 Å². The van der Waals surface area contributed by atoms with Crippen LogP contribution in [0.15, 0.2) is 40.8 Å². The second-order valence-corrected chi connectivity index (χ2v) is 12.8. The third kappa shape index (κ3) is 4.70. The highest BCUT2D eigenvalue weighted by Crippen LogP contribution is 2.47. The van der Waals surface area contributed by atoms with Crippen molar-refractivity contribution < 1.29 is 17.9 Å². The Morgan fingerprint density at radius 2 is 2.03 bits per heavy atom. The van der Waals surface area contributed by atoms with Crippen molar-refractivity contribution in [2.45, 2.75) is 63.9 Å². The fraction of sp³-hybridized carbons (Fsp3) is 0.481. The SMILES string of the molecule is CC[C@H]1CC[C@H](C2(C)C=CC(c3nc(S(=O)(=O)Nc4cc5c(cc4OC)C(=O)NC5)cs3)=CC2)CC1. The standard InChI is InChI=1S/C27H33N3O4S2/c1-4-17-5-7-20(8-6-17)27(2)11-9-18(10-12-27)26-29-24(16-35-26)36(32,33)30-22-13-19-15-28-25(31)21(19)14-23(22)34-3/h9-11,13-14,16-17,20,30H,4-8,12,15H2,1-3H3,(H,28,31)/t17-,20-,27?. The molecule has 0 bridgehead atoms. The number of nitrogens with zero attached hydrogens (tertiary/aromatic N) is 1. The van der Waals surface area contributed by atoms with E-state index >= 15 is 0 Å². The highest BCUT2D eigenvalue weighted by atomic mass is 32.2. The van der Waals surface area contributed by atoms with Gasteiger partial charge in [-0.1, -0.05) is 51.3 Å². The Labute approximate surface area is 217 Å². The summed E-state index contributed by atoms with van der Waals surface area (Å²) in [6, 6.07) is 3.20. The maximum Gasteiger partial charge on any atom is 0.280 e. The fourth-order valence-electron chi connectivity index (χ4n) is 5.65. The molecular weight excluding hydrogens is 494 g/mol. The van der Waals surface area contributed by atoms with Crippen molar-refractivity contribution in [3.8, 4) is 5.75 Å². The van der Waals surface area contributed by atoms with Gasteiger partial charge in [-0.05, 0) is 54.2 Å². The Morgan fingerprint density at radius 3 is 2.69 bits per heavy atom. The molecule has 5 rings (SSSR count). The van der Waals surface area contributed by atoms with Gasteiger partial charge in [-0.2, -0.15) is 8.42 Å². The lowest BCUT2D eigenvalue weighted by molar-refractivity contribution is 0.0965. The molecule has 1 aliphatic heterocycles. The van der Waals surface area contributed by atoms with E-state index in [1.165, 1.54) is 50.6 Å². The number of nitrogens with one attached hydrogen (secondary N) is 2. The Bertz CT molecular complexity index is 1340. The summed E-state index contributed by atoms with van der Waals surface area (Å²) in [4.78, 5) is 16.4. The number of benzene rings is 1. The molecule has 1 aromatic heterocycles. The van der Waals surface area contributed by atoms with E-state index in [0.29, 0.717) is 23.0 Å². The first-order valence-corrected chi connectivity index (χ1v) is 15.0. The largest absolute Gasteiger partial charge is 0.495 e. The van der Waals surface area contributed by atoms with Gasteiger partial charge in [0, 0.05) is 23.1 Å². The molecular formula is C27H33N3O4S2. The molecule has 2 heterocycles. The molecule has 2 aliphatic carbocycles. The molecule has 7 nitrogen and oxygen atoms in total. The number of methoxy groups -OCH3 is 1. The number of sulfonamides is 1. The number of thiazole rings is 1. The van der Waals surface area contributed by atoms with Gasteiger partial charge in [0.25, 0.3) is 15.9 Å². The van der Waals surface area contributed by atoms with E-state index in [0.717, 1.165) is 23.5 Å². The average Bonchev–Trinajstić information content (AvgIpc) is 3.52. The number of allylic oxidation sites excluding steroid dienone is 4. The summed E-state index contributed by atoms with van der Waals surface area (Å²) in [5.74, 6) is 1.66. The number of anilines is 1. The van der Waals surface area contributed by atoms with Crippen LogP contribution in [-0.2, 0) is 16.6 Å². The normalized spacial score (nSPS) is 25.8. The Morgan fingerprint density at radius 1 is 1.25 bits per heavy atom. The van der Waals surface area contributed by atoms with E-state index in [4.69, 9.17) is 4.74 Å². The maximum absolute atomic E-state index is 13.1. The molecule has 1 amide bonds. The number of hydrogen-bond donors (Lipinski definition) is 2. The van der Waals surface area contributed by atoms with Crippen molar-refractivity contribution in [3.63, 3.8) is 0 Å². The Hall–Kier alpha value is -2.65. The van der Waals surface area contributed by atoms with E-state index in [-0.39, 0.29) is 27.8 Å². The third-order valence-corrected chi connectivity index (χ3v) is 10.4. The number of carbonyl (C=O) groups excluding carboxylic acids is 1. The van der Waals surface area contributed by atoms with Gasteiger partial charge in [0.1, 0.15) is 10.8 Å². The van der Waals surface area contributed by atoms with Gasteiger partial charge < -0.3 is 10.1 Å². The summed E-state index contributed by atoms with van der Waals surface area (Å²) in [5.41, 5.74) is 2.62. The molecule has 1 atom stereocenters. The minimum Gasteiger partial charge on any atom is -0.495 e. The number of carbonyl (C=O) groups is 1. The number of fused-ring (bicyclic) bond motifs is 1. The van der Waals surface area contributed by atoms with E-state index in [1.54, 1.807) is 17.5 Å². The zero-order valence-electron chi connectivity index (χ0n) is 21.0. The number of hydrogen-bond acceptors (Lipinski definition) is 6. The first kappa shape index (κ1) is 25.0. The van der Waals surface area contributed by atoms with Gasteiger partial charge in [0.2, 0.25) is 0 Å². The van der Waals surface area contributed by atoms with Crippen LogP contribution in [0.5, 0.6) is 5.75 Å². The number of rotatable bonds is 7. The minimum absolute atomic E-state index is 0.0280. The molecule has 0 radical (unpaired) electrons. The highest BCUT2D eigenvalue weighted by molar-refractivity contribution is 7.92. The van der Waals surface area contributed by atoms with Crippen LogP contribution in [0.2, 0.25) is 0 Å². The first-order chi connectivity index (χ1) is 17.2. The van der Waals surface area contributed by atoms with Gasteiger partial charge in [0.15, 0.2) is 5.03 Å². The Balaban J connectivity index is 1.30. The minimum atomic E-state index is -3.93. The summed E-state index contributed by atoms with van der Waals surface area (Å²) in [5, 5.41) is 4.97. The molecule has 1 aromatic carbocycles. The van der Waals surface area contributed by atoms with Crippen molar-refractivity contribution >= 4 is 38.5 Å². The van der Waals surface area contributed by atoms with E-state index in [1.807, 2.05) is 0 Å². The lowest BCUT2D eigenvalue weighted by atomic mass is 9.64. The summed E-state index contributed by atoms with van der Waals surface area (Å²) < 4.78 is 34.2. The van der Waals surface area contributed by atoms with E-state index in [9.17, 15) is 13.2 Å². The van der Waals surface area contributed by atoms with Crippen LogP contribution < -0.4 is 14.8 Å². The molecule has 3 aliphatic rings. The summed E-state index contributed by atoms with van der Waals surface area (Å²) in [6.07, 6.45) is 14.1. The topological polar surface area (TPSA) is 97.4 Å². The van der Waals surface area contributed by atoms with Crippen LogP contribution in [0, 0.1) is 17.3 Å². The van der Waals surface area contributed by atoms with Gasteiger partial charge >= 0.3 is 0 Å².